The Morgan fingerprint density at radius 2 is 1.52 bits per heavy atom. The van der Waals surface area contributed by atoms with Gasteiger partial charge in [-0.3, -0.25) is 0 Å². The number of hydrogen-bond donors (Lipinski definition) is 0. The molecule has 4 atom stereocenters. The average Bonchev–Trinajstić information content (AvgIpc) is 3.29. The molecule has 1 aliphatic heterocycles. The van der Waals surface area contributed by atoms with Crippen molar-refractivity contribution in [3.05, 3.63) is 90.5 Å². The van der Waals surface area contributed by atoms with Crippen LogP contribution in [0.15, 0.2) is 89.8 Å². The van der Waals surface area contributed by atoms with Gasteiger partial charge in [-0.2, -0.15) is 0 Å². The minimum absolute atomic E-state index is 0.0367. The first-order chi connectivity index (χ1) is 13.9. The highest BCUT2D eigenvalue weighted by molar-refractivity contribution is 7.92. The lowest BCUT2D eigenvalue weighted by Gasteiger charge is -2.30. The van der Waals surface area contributed by atoms with E-state index in [2.05, 4.69) is 36.4 Å². The third-order valence-corrected chi connectivity index (χ3v) is 8.50. The molecule has 2 unspecified atom stereocenters. The van der Waals surface area contributed by atoms with E-state index in [1.165, 1.54) is 10.8 Å². The molecule has 1 fully saturated rings. The van der Waals surface area contributed by atoms with Gasteiger partial charge in [-0.25, -0.2) is 8.42 Å². The first-order valence-corrected chi connectivity index (χ1v) is 11.6. The van der Waals surface area contributed by atoms with Crippen LogP contribution in [0.5, 0.6) is 0 Å². The number of hydrogen-bond acceptors (Lipinski definition) is 3. The van der Waals surface area contributed by atoms with Crippen LogP contribution in [0.4, 0.5) is 0 Å². The van der Waals surface area contributed by atoms with Gasteiger partial charge < -0.3 is 4.74 Å². The molecule has 1 aliphatic carbocycles. The Morgan fingerprint density at radius 1 is 0.828 bits per heavy atom. The zero-order valence-corrected chi connectivity index (χ0v) is 17.3. The monoisotopic (exact) mass is 404 g/mol. The molecule has 1 saturated heterocycles. The standard InChI is InChI=1S/C25H24O3S/c1-25(2)23-21(14-15-22(23)29(26,27)20-10-4-3-5-11-20)24(28-25)19-13-12-17-8-6-7-9-18(17)16-19/h3-16,21-24H,1-2H3/t21?,22-,23?,24+/m0/s1. The second-order valence-electron chi connectivity index (χ2n) is 8.56. The van der Waals surface area contributed by atoms with Crippen molar-refractivity contribution in [3.8, 4) is 0 Å². The first-order valence-electron chi connectivity index (χ1n) is 10.0. The van der Waals surface area contributed by atoms with Crippen LogP contribution in [0, 0.1) is 11.8 Å². The molecule has 0 bridgehead atoms. The van der Waals surface area contributed by atoms with Gasteiger partial charge in [0.2, 0.25) is 0 Å². The van der Waals surface area contributed by atoms with Gasteiger partial charge in [0.15, 0.2) is 9.84 Å². The minimum atomic E-state index is -3.47. The van der Waals surface area contributed by atoms with Crippen molar-refractivity contribution in [1.82, 2.24) is 0 Å². The zero-order valence-electron chi connectivity index (χ0n) is 16.5. The van der Waals surface area contributed by atoms with Gasteiger partial charge in [-0.05, 0) is 48.4 Å². The molecule has 1 heterocycles. The van der Waals surface area contributed by atoms with E-state index in [0.717, 1.165) is 5.56 Å². The third-order valence-electron chi connectivity index (χ3n) is 6.41. The van der Waals surface area contributed by atoms with E-state index in [4.69, 9.17) is 4.74 Å². The van der Waals surface area contributed by atoms with Crippen LogP contribution in [-0.4, -0.2) is 19.3 Å². The number of fused-ring (bicyclic) bond motifs is 2. The van der Waals surface area contributed by atoms with Crippen LogP contribution in [0.25, 0.3) is 10.8 Å². The van der Waals surface area contributed by atoms with Crippen molar-refractivity contribution in [1.29, 1.82) is 0 Å². The lowest BCUT2D eigenvalue weighted by Crippen LogP contribution is -2.39. The minimum Gasteiger partial charge on any atom is -0.367 e. The van der Waals surface area contributed by atoms with E-state index in [9.17, 15) is 8.42 Å². The van der Waals surface area contributed by atoms with Crippen LogP contribution in [0.2, 0.25) is 0 Å². The van der Waals surface area contributed by atoms with Crippen LogP contribution in [-0.2, 0) is 14.6 Å². The van der Waals surface area contributed by atoms with Gasteiger partial charge in [0.05, 0.1) is 21.9 Å². The number of sulfone groups is 1. The van der Waals surface area contributed by atoms with Gasteiger partial charge in [0.1, 0.15) is 0 Å². The Balaban J connectivity index is 1.53. The van der Waals surface area contributed by atoms with E-state index in [0.29, 0.717) is 4.90 Å². The molecule has 0 aromatic heterocycles. The maximum absolute atomic E-state index is 13.4. The molecule has 0 N–H and O–H groups in total. The summed E-state index contributed by atoms with van der Waals surface area (Å²) in [6.45, 7) is 4.04. The molecule has 148 valence electrons. The highest BCUT2D eigenvalue weighted by Gasteiger charge is 2.57. The lowest BCUT2D eigenvalue weighted by atomic mass is 9.81. The van der Waals surface area contributed by atoms with Gasteiger partial charge >= 0.3 is 0 Å². The predicted octanol–water partition coefficient (Wildman–Crippen LogP) is 5.33. The summed E-state index contributed by atoms with van der Waals surface area (Å²) in [5.74, 6) is -0.0844. The summed E-state index contributed by atoms with van der Waals surface area (Å²) in [6.07, 6.45) is 3.80. The molecule has 0 amide bonds. The highest BCUT2D eigenvalue weighted by atomic mass is 32.2. The fourth-order valence-electron chi connectivity index (χ4n) is 5.07. The van der Waals surface area contributed by atoms with Crippen molar-refractivity contribution in [2.75, 3.05) is 0 Å². The zero-order chi connectivity index (χ0) is 20.2. The summed E-state index contributed by atoms with van der Waals surface area (Å²) in [7, 11) is -3.47. The van der Waals surface area contributed by atoms with Crippen molar-refractivity contribution in [3.63, 3.8) is 0 Å². The fraction of sp³-hybridized carbons (Fsp3) is 0.280. The number of benzene rings is 3. The molecule has 0 spiro atoms. The molecule has 29 heavy (non-hydrogen) atoms. The molecular weight excluding hydrogens is 380 g/mol. The highest BCUT2D eigenvalue weighted by Crippen LogP contribution is 2.55. The summed E-state index contributed by atoms with van der Waals surface area (Å²) in [5.41, 5.74) is 0.559. The fourth-order valence-corrected chi connectivity index (χ4v) is 7.11. The summed E-state index contributed by atoms with van der Waals surface area (Å²) in [4.78, 5) is 0.375. The van der Waals surface area contributed by atoms with Gasteiger partial charge in [0.25, 0.3) is 0 Å². The smallest absolute Gasteiger partial charge is 0.185 e. The average molecular weight is 405 g/mol. The molecule has 3 aromatic rings. The Kier molecular flexibility index (Phi) is 4.19. The third kappa shape index (κ3) is 2.93. The van der Waals surface area contributed by atoms with Gasteiger partial charge in [-0.15, -0.1) is 0 Å². The second-order valence-corrected chi connectivity index (χ2v) is 10.7. The molecule has 3 aromatic carbocycles. The Labute approximate surface area is 171 Å². The quantitative estimate of drug-likeness (QED) is 0.554. The van der Waals surface area contributed by atoms with Crippen LogP contribution in [0.1, 0.15) is 25.5 Å². The summed E-state index contributed by atoms with van der Waals surface area (Å²) < 4.78 is 33.2. The Hall–Kier alpha value is -2.43. The number of ether oxygens (including phenoxy) is 1. The van der Waals surface area contributed by atoms with Crippen LogP contribution < -0.4 is 0 Å². The van der Waals surface area contributed by atoms with E-state index in [1.807, 2.05) is 38.1 Å². The predicted molar refractivity (Wildman–Crippen MR) is 115 cm³/mol. The van der Waals surface area contributed by atoms with Crippen LogP contribution >= 0.6 is 0 Å². The second kappa shape index (κ2) is 6.54. The molecule has 5 rings (SSSR count). The van der Waals surface area contributed by atoms with Crippen molar-refractivity contribution >= 4 is 20.6 Å². The van der Waals surface area contributed by atoms with Crippen molar-refractivity contribution in [2.45, 2.75) is 35.7 Å². The molecule has 0 radical (unpaired) electrons. The molecule has 2 aliphatic rings. The van der Waals surface area contributed by atoms with E-state index < -0.39 is 20.7 Å². The summed E-state index contributed by atoms with van der Waals surface area (Å²) >= 11 is 0. The normalized spacial score (nSPS) is 27.9. The van der Waals surface area contributed by atoms with Gasteiger partial charge in [0, 0.05) is 11.8 Å². The van der Waals surface area contributed by atoms with Crippen molar-refractivity contribution < 1.29 is 13.2 Å². The Bertz CT molecular complexity index is 1190. The lowest BCUT2D eigenvalue weighted by molar-refractivity contribution is -0.0337. The van der Waals surface area contributed by atoms with E-state index >= 15 is 0 Å². The van der Waals surface area contributed by atoms with E-state index in [1.54, 1.807) is 24.3 Å². The van der Waals surface area contributed by atoms with E-state index in [-0.39, 0.29) is 17.9 Å². The molecule has 0 saturated carbocycles. The maximum atomic E-state index is 13.4. The topological polar surface area (TPSA) is 43.4 Å². The van der Waals surface area contributed by atoms with Crippen LogP contribution in [0.3, 0.4) is 0 Å². The SMILES string of the molecule is CC1(C)O[C@H](c2ccc3ccccc3c2)C2C=C[C@H](S(=O)(=O)c3ccccc3)C21. The molecular formula is C25H24O3S. The summed E-state index contributed by atoms with van der Waals surface area (Å²) in [6, 6.07) is 23.4. The number of rotatable bonds is 3. The maximum Gasteiger partial charge on any atom is 0.185 e. The van der Waals surface area contributed by atoms with Crippen molar-refractivity contribution in [2.24, 2.45) is 11.8 Å². The van der Waals surface area contributed by atoms with Gasteiger partial charge in [-0.1, -0.05) is 66.7 Å². The molecule has 3 nitrogen and oxygen atoms in total. The largest absolute Gasteiger partial charge is 0.367 e. The summed E-state index contributed by atoms with van der Waals surface area (Å²) in [5, 5.41) is 1.79. The Morgan fingerprint density at radius 3 is 2.28 bits per heavy atom. The molecule has 4 heteroatoms. The first kappa shape index (κ1) is 18.6.